The van der Waals surface area contributed by atoms with Crippen LogP contribution >= 0.6 is 11.8 Å². The summed E-state index contributed by atoms with van der Waals surface area (Å²) >= 11 is 1.07. The van der Waals surface area contributed by atoms with E-state index in [9.17, 15) is 4.79 Å². The van der Waals surface area contributed by atoms with E-state index >= 15 is 0 Å². The van der Waals surface area contributed by atoms with Crippen molar-refractivity contribution < 1.29 is 4.79 Å². The molecule has 0 saturated heterocycles. The van der Waals surface area contributed by atoms with Gasteiger partial charge in [-0.15, -0.1) is 0 Å². The lowest BCUT2D eigenvalue weighted by molar-refractivity contribution is -0.117. The number of thioether (sulfide) groups is 1. The van der Waals surface area contributed by atoms with E-state index in [1.54, 1.807) is 24.3 Å². The number of nitriles is 2. The van der Waals surface area contributed by atoms with Crippen molar-refractivity contribution in [2.24, 2.45) is 0 Å². The number of rotatable bonds is 6. The number of carbonyl (C=O) groups is 1. The molecule has 2 aromatic carbocycles. The minimum absolute atomic E-state index is 0.0126. The van der Waals surface area contributed by atoms with Gasteiger partial charge in [-0.2, -0.15) is 10.5 Å². The third-order valence-electron chi connectivity index (χ3n) is 3.06. The van der Waals surface area contributed by atoms with Gasteiger partial charge in [0.05, 0.1) is 0 Å². The molecule has 0 aliphatic heterocycles. The molecule has 0 aliphatic carbocycles. The van der Waals surface area contributed by atoms with Crippen LogP contribution in [-0.2, 0) is 11.3 Å². The molecule has 0 spiro atoms. The molecule has 0 heterocycles. The minimum atomic E-state index is -0.439. The molecule has 24 heavy (non-hydrogen) atoms. The molecule has 2 aromatic rings. The van der Waals surface area contributed by atoms with Crippen LogP contribution in [0.5, 0.6) is 0 Å². The van der Waals surface area contributed by atoms with Crippen LogP contribution < -0.4 is 10.6 Å². The second-order valence-electron chi connectivity index (χ2n) is 4.70. The molecule has 5 nitrogen and oxygen atoms in total. The molecule has 0 aliphatic rings. The fourth-order valence-corrected chi connectivity index (χ4v) is 2.23. The predicted molar refractivity (Wildman–Crippen MR) is 93.5 cm³/mol. The van der Waals surface area contributed by atoms with Gasteiger partial charge in [-0.25, -0.2) is 0 Å². The van der Waals surface area contributed by atoms with Crippen molar-refractivity contribution in [1.29, 1.82) is 10.5 Å². The first-order chi connectivity index (χ1) is 11.7. The highest BCUT2D eigenvalue weighted by Gasteiger charge is 2.08. The monoisotopic (exact) mass is 334 g/mol. The van der Waals surface area contributed by atoms with E-state index in [1.165, 1.54) is 6.20 Å². The molecule has 2 N–H and O–H groups in total. The van der Waals surface area contributed by atoms with Crippen LogP contribution in [0.15, 0.2) is 71.3 Å². The van der Waals surface area contributed by atoms with Gasteiger partial charge < -0.3 is 10.6 Å². The Hall–Kier alpha value is -3.22. The zero-order valence-electron chi connectivity index (χ0n) is 12.7. The molecule has 6 heteroatoms. The van der Waals surface area contributed by atoms with Gasteiger partial charge in [0, 0.05) is 23.3 Å². The van der Waals surface area contributed by atoms with Crippen LogP contribution in [0, 0.1) is 22.0 Å². The van der Waals surface area contributed by atoms with Gasteiger partial charge in [-0.1, -0.05) is 30.3 Å². The first kappa shape index (κ1) is 17.1. The van der Waals surface area contributed by atoms with E-state index in [1.807, 2.05) is 41.8 Å². The highest BCUT2D eigenvalue weighted by atomic mass is 32.2. The average molecular weight is 334 g/mol. The lowest BCUT2D eigenvalue weighted by Gasteiger charge is -2.05. The Balaban J connectivity index is 1.94. The number of carbonyl (C=O) groups excluding carboxylic acids is 1. The standard InChI is InChI=1S/C18H14N4OS/c19-10-15(18(23)22-11-14-4-2-1-3-5-14)12-21-16-6-8-17(9-7-16)24-13-20/h1-9,12,21H,11H2,(H,22,23)/b15-12-. The van der Waals surface area contributed by atoms with E-state index in [4.69, 9.17) is 10.5 Å². The number of thiocyanates is 1. The van der Waals surface area contributed by atoms with Crippen molar-refractivity contribution in [3.8, 4) is 11.5 Å². The van der Waals surface area contributed by atoms with Crippen LogP contribution in [0.25, 0.3) is 0 Å². The van der Waals surface area contributed by atoms with E-state index < -0.39 is 5.91 Å². The van der Waals surface area contributed by atoms with Crippen molar-refractivity contribution in [3.05, 3.63) is 71.9 Å². The first-order valence-corrected chi connectivity index (χ1v) is 7.89. The van der Waals surface area contributed by atoms with Crippen LogP contribution in [0.2, 0.25) is 0 Å². The molecule has 118 valence electrons. The van der Waals surface area contributed by atoms with Crippen molar-refractivity contribution in [2.75, 3.05) is 5.32 Å². The summed E-state index contributed by atoms with van der Waals surface area (Å²) in [5.74, 6) is -0.439. The van der Waals surface area contributed by atoms with Gasteiger partial charge in [0.15, 0.2) is 0 Å². The number of nitrogens with one attached hydrogen (secondary N) is 2. The van der Waals surface area contributed by atoms with Crippen molar-refractivity contribution in [3.63, 3.8) is 0 Å². The fourth-order valence-electron chi connectivity index (χ4n) is 1.85. The number of amides is 1. The maximum Gasteiger partial charge on any atom is 0.263 e. The Labute approximate surface area is 144 Å². The molecule has 0 aromatic heterocycles. The zero-order valence-corrected chi connectivity index (χ0v) is 13.5. The van der Waals surface area contributed by atoms with Gasteiger partial charge in [-0.3, -0.25) is 4.79 Å². The highest BCUT2D eigenvalue weighted by molar-refractivity contribution is 8.03. The quantitative estimate of drug-likeness (QED) is 0.366. The topological polar surface area (TPSA) is 88.7 Å². The summed E-state index contributed by atoms with van der Waals surface area (Å²) in [6, 6.07) is 18.5. The summed E-state index contributed by atoms with van der Waals surface area (Å²) in [6.45, 7) is 0.360. The SMILES string of the molecule is N#CSc1ccc(N/C=C(/C#N)C(=O)NCc2ccccc2)cc1. The molecule has 0 bridgehead atoms. The fraction of sp³-hybridized carbons (Fsp3) is 0.0556. The largest absolute Gasteiger partial charge is 0.360 e. The Morgan fingerprint density at radius 2 is 1.79 bits per heavy atom. The minimum Gasteiger partial charge on any atom is -0.360 e. The second-order valence-corrected chi connectivity index (χ2v) is 5.56. The van der Waals surface area contributed by atoms with Gasteiger partial charge in [0.2, 0.25) is 0 Å². The number of hydrogen-bond acceptors (Lipinski definition) is 5. The molecular formula is C18H14N4OS. The third kappa shape index (κ3) is 5.20. The number of hydrogen-bond donors (Lipinski definition) is 2. The first-order valence-electron chi connectivity index (χ1n) is 7.08. The van der Waals surface area contributed by atoms with E-state index in [0.29, 0.717) is 6.54 Å². The van der Waals surface area contributed by atoms with Gasteiger partial charge >= 0.3 is 0 Å². The molecule has 0 fully saturated rings. The third-order valence-corrected chi connectivity index (χ3v) is 3.66. The summed E-state index contributed by atoms with van der Waals surface area (Å²) in [5.41, 5.74) is 1.67. The summed E-state index contributed by atoms with van der Waals surface area (Å²) in [4.78, 5) is 12.9. The van der Waals surface area contributed by atoms with Gasteiger partial charge in [0.25, 0.3) is 5.91 Å². The molecule has 0 unspecified atom stereocenters. The molecule has 1 amide bonds. The smallest absolute Gasteiger partial charge is 0.263 e. The average Bonchev–Trinajstić information content (AvgIpc) is 2.63. The van der Waals surface area contributed by atoms with Crippen LogP contribution in [0.3, 0.4) is 0 Å². The molecule has 0 atom stereocenters. The summed E-state index contributed by atoms with van der Waals surface area (Å²) < 4.78 is 0. The lowest BCUT2D eigenvalue weighted by atomic mass is 10.2. The van der Waals surface area contributed by atoms with Crippen molar-refractivity contribution in [1.82, 2.24) is 5.32 Å². The van der Waals surface area contributed by atoms with E-state index in [0.717, 1.165) is 27.9 Å². The Morgan fingerprint density at radius 3 is 2.42 bits per heavy atom. The second kappa shape index (κ2) is 9.04. The van der Waals surface area contributed by atoms with Crippen LogP contribution in [0.1, 0.15) is 5.56 Å². The number of anilines is 1. The summed E-state index contributed by atoms with van der Waals surface area (Å²) in [6.07, 6.45) is 1.37. The van der Waals surface area contributed by atoms with E-state index in [2.05, 4.69) is 10.6 Å². The Bertz CT molecular complexity index is 802. The Morgan fingerprint density at radius 1 is 1.08 bits per heavy atom. The predicted octanol–water partition coefficient (Wildman–Crippen LogP) is 3.40. The number of nitrogens with zero attached hydrogens (tertiary/aromatic N) is 2. The molecular weight excluding hydrogens is 320 g/mol. The van der Waals surface area contributed by atoms with Crippen LogP contribution in [-0.4, -0.2) is 5.91 Å². The molecule has 0 radical (unpaired) electrons. The highest BCUT2D eigenvalue weighted by Crippen LogP contribution is 2.19. The maximum absolute atomic E-state index is 12.0. The van der Waals surface area contributed by atoms with Crippen molar-refractivity contribution in [2.45, 2.75) is 11.4 Å². The maximum atomic E-state index is 12.0. The van der Waals surface area contributed by atoms with Crippen molar-refractivity contribution >= 4 is 23.4 Å². The zero-order chi connectivity index (χ0) is 17.2. The lowest BCUT2D eigenvalue weighted by Crippen LogP contribution is -2.24. The summed E-state index contributed by atoms with van der Waals surface area (Å²) in [7, 11) is 0. The van der Waals surface area contributed by atoms with Gasteiger partial charge in [0.1, 0.15) is 17.0 Å². The van der Waals surface area contributed by atoms with Crippen LogP contribution in [0.4, 0.5) is 5.69 Å². The number of benzene rings is 2. The molecule has 2 rings (SSSR count). The Kier molecular flexibility index (Phi) is 6.46. The van der Waals surface area contributed by atoms with E-state index in [-0.39, 0.29) is 5.57 Å². The van der Waals surface area contributed by atoms with Gasteiger partial charge in [-0.05, 0) is 41.6 Å². The normalized spacial score (nSPS) is 10.3. The molecule has 0 saturated carbocycles. The summed E-state index contributed by atoms with van der Waals surface area (Å²) in [5, 5.41) is 25.3.